The lowest BCUT2D eigenvalue weighted by Crippen LogP contribution is -2.64. The van der Waals surface area contributed by atoms with E-state index in [4.69, 9.17) is 0 Å². The zero-order valence-electron chi connectivity index (χ0n) is 9.58. The van der Waals surface area contributed by atoms with Crippen molar-refractivity contribution in [3.63, 3.8) is 0 Å². The van der Waals surface area contributed by atoms with Gasteiger partial charge in [-0.1, -0.05) is 0 Å². The number of hydrogen-bond donors (Lipinski definition) is 1. The summed E-state index contributed by atoms with van der Waals surface area (Å²) in [4.78, 5) is 4.02. The average molecular weight is 333 g/mol. The maximum absolute atomic E-state index is 12.3. The van der Waals surface area contributed by atoms with Crippen LogP contribution in [-0.2, 0) is 10.0 Å². The molecule has 1 saturated heterocycles. The Morgan fingerprint density at radius 2 is 2.06 bits per heavy atom. The molecule has 2 aliphatic rings. The van der Waals surface area contributed by atoms with Crippen LogP contribution in [0.4, 0.5) is 0 Å². The van der Waals surface area contributed by atoms with Gasteiger partial charge in [0.1, 0.15) is 4.90 Å². The van der Waals surface area contributed by atoms with E-state index < -0.39 is 15.6 Å². The van der Waals surface area contributed by atoms with Gasteiger partial charge in [-0.2, -0.15) is 4.31 Å². The van der Waals surface area contributed by atoms with Crippen LogP contribution in [0.5, 0.6) is 0 Å². The molecule has 0 amide bonds. The first-order valence-electron chi connectivity index (χ1n) is 5.75. The van der Waals surface area contributed by atoms with Gasteiger partial charge in [0.15, 0.2) is 0 Å². The Kier molecular flexibility index (Phi) is 2.78. The summed E-state index contributed by atoms with van der Waals surface area (Å²) in [6.45, 7) is 0.402. The van der Waals surface area contributed by atoms with Gasteiger partial charge in [0.25, 0.3) is 0 Å². The molecule has 3 rings (SSSR count). The van der Waals surface area contributed by atoms with Crippen LogP contribution in [0.2, 0.25) is 0 Å². The second-order valence-electron chi connectivity index (χ2n) is 4.99. The molecule has 98 valence electrons. The van der Waals surface area contributed by atoms with E-state index in [1.807, 2.05) is 0 Å². The molecule has 0 radical (unpaired) electrons. The summed E-state index contributed by atoms with van der Waals surface area (Å²) in [5.41, 5.74) is -0.799. The number of halogens is 1. The smallest absolute Gasteiger partial charge is 0.244 e. The van der Waals surface area contributed by atoms with Gasteiger partial charge in [0.2, 0.25) is 10.0 Å². The largest absolute Gasteiger partial charge is 0.387 e. The lowest BCUT2D eigenvalue weighted by Gasteiger charge is -2.45. The number of β-amino-alcohol motifs (C(OH)–C–C–N with tert-alkyl or cyclic N) is 1. The van der Waals surface area contributed by atoms with E-state index in [9.17, 15) is 13.5 Å². The van der Waals surface area contributed by atoms with Gasteiger partial charge < -0.3 is 5.11 Å². The molecule has 1 aliphatic heterocycles. The molecule has 0 unspecified atom stereocenters. The minimum absolute atomic E-state index is 0.162. The highest BCUT2D eigenvalue weighted by atomic mass is 79.9. The van der Waals surface area contributed by atoms with Gasteiger partial charge >= 0.3 is 0 Å². The highest BCUT2D eigenvalue weighted by Crippen LogP contribution is 2.45. The van der Waals surface area contributed by atoms with E-state index in [1.165, 1.54) is 22.8 Å². The topological polar surface area (TPSA) is 70.5 Å². The van der Waals surface area contributed by atoms with Crippen LogP contribution in [0.3, 0.4) is 0 Å². The third-order valence-corrected chi connectivity index (χ3v) is 5.75. The Morgan fingerprint density at radius 3 is 2.61 bits per heavy atom. The van der Waals surface area contributed by atoms with Crippen molar-refractivity contribution in [3.8, 4) is 0 Å². The molecular formula is C11H13BrN2O3S. The third-order valence-electron chi connectivity index (χ3n) is 3.56. The number of nitrogens with zero attached hydrogens (tertiary/aromatic N) is 2. The van der Waals surface area contributed by atoms with Crippen molar-refractivity contribution in [3.05, 3.63) is 22.9 Å². The Hall–Kier alpha value is -0.500. The molecule has 18 heavy (non-hydrogen) atoms. The standard InChI is InChI=1S/C11H13BrN2O3S/c12-9-3-10(5-13-4-9)18(16,17)14-6-11(15,7-14)8-1-2-8/h3-5,8,15H,1-2,6-7H2. The Balaban J connectivity index is 1.80. The van der Waals surface area contributed by atoms with Crippen molar-refractivity contribution in [1.29, 1.82) is 0 Å². The summed E-state index contributed by atoms with van der Waals surface area (Å²) >= 11 is 3.20. The highest BCUT2D eigenvalue weighted by Gasteiger charge is 2.55. The van der Waals surface area contributed by atoms with Crippen molar-refractivity contribution >= 4 is 26.0 Å². The molecule has 1 N–H and O–H groups in total. The first-order valence-corrected chi connectivity index (χ1v) is 7.98. The van der Waals surface area contributed by atoms with Crippen LogP contribution in [-0.4, -0.2) is 41.5 Å². The lowest BCUT2D eigenvalue weighted by molar-refractivity contribution is -0.0764. The highest BCUT2D eigenvalue weighted by molar-refractivity contribution is 9.10. The monoisotopic (exact) mass is 332 g/mol. The molecule has 0 atom stereocenters. The Morgan fingerprint density at radius 1 is 1.39 bits per heavy atom. The Bertz CT molecular complexity index is 580. The van der Waals surface area contributed by atoms with Crippen LogP contribution < -0.4 is 0 Å². The molecular weight excluding hydrogens is 320 g/mol. The summed E-state index contributed by atoms with van der Waals surface area (Å²) < 4.78 is 26.4. The maximum atomic E-state index is 12.3. The third kappa shape index (κ3) is 1.99. The van der Waals surface area contributed by atoms with Crippen LogP contribution in [0.25, 0.3) is 0 Å². The molecule has 5 nitrogen and oxygen atoms in total. The minimum atomic E-state index is -3.52. The fourth-order valence-corrected chi connectivity index (χ4v) is 4.37. The fraction of sp³-hybridized carbons (Fsp3) is 0.545. The second-order valence-corrected chi connectivity index (χ2v) is 7.84. The van der Waals surface area contributed by atoms with Crippen LogP contribution in [0.15, 0.2) is 27.8 Å². The number of aromatic nitrogens is 1. The summed E-state index contributed by atoms with van der Waals surface area (Å²) in [6.07, 6.45) is 4.87. The number of sulfonamides is 1. The van der Waals surface area contributed by atoms with E-state index in [1.54, 1.807) is 0 Å². The predicted molar refractivity (Wildman–Crippen MR) is 68.4 cm³/mol. The van der Waals surface area contributed by atoms with Crippen molar-refractivity contribution in [2.75, 3.05) is 13.1 Å². The number of aliphatic hydroxyl groups is 1. The van der Waals surface area contributed by atoms with E-state index in [0.29, 0.717) is 4.47 Å². The van der Waals surface area contributed by atoms with Gasteiger partial charge in [-0.3, -0.25) is 4.98 Å². The van der Waals surface area contributed by atoms with E-state index in [0.717, 1.165) is 12.8 Å². The summed E-state index contributed by atoms with van der Waals surface area (Å²) in [7, 11) is -3.52. The molecule has 0 bridgehead atoms. The van der Waals surface area contributed by atoms with Crippen LogP contribution >= 0.6 is 15.9 Å². The van der Waals surface area contributed by atoms with Gasteiger partial charge in [0.05, 0.1) is 5.60 Å². The predicted octanol–water partition coefficient (Wildman–Crippen LogP) is 0.990. The molecule has 0 spiro atoms. The zero-order valence-corrected chi connectivity index (χ0v) is 12.0. The second kappa shape index (κ2) is 4.00. The number of hydrogen-bond acceptors (Lipinski definition) is 4. The van der Waals surface area contributed by atoms with Gasteiger partial charge in [-0.25, -0.2) is 8.42 Å². The first-order chi connectivity index (χ1) is 8.42. The SMILES string of the molecule is O=S(=O)(c1cncc(Br)c1)N1CC(O)(C2CC2)C1. The number of pyridine rings is 1. The summed E-state index contributed by atoms with van der Waals surface area (Å²) in [5.74, 6) is 0.282. The summed E-state index contributed by atoms with van der Waals surface area (Å²) in [5, 5.41) is 10.2. The lowest BCUT2D eigenvalue weighted by atomic mass is 9.91. The molecule has 1 saturated carbocycles. The zero-order chi connectivity index (χ0) is 13.0. The molecule has 2 fully saturated rings. The van der Waals surface area contributed by atoms with E-state index in [-0.39, 0.29) is 23.9 Å². The molecule has 0 aromatic carbocycles. The first kappa shape index (κ1) is 12.5. The molecule has 1 aromatic heterocycles. The average Bonchev–Trinajstić information content (AvgIpc) is 3.08. The molecule has 2 heterocycles. The van der Waals surface area contributed by atoms with Gasteiger partial charge in [-0.15, -0.1) is 0 Å². The van der Waals surface area contributed by atoms with Crippen LogP contribution in [0, 0.1) is 5.92 Å². The number of rotatable bonds is 3. The minimum Gasteiger partial charge on any atom is -0.387 e. The van der Waals surface area contributed by atoms with Crippen molar-refractivity contribution in [2.24, 2.45) is 5.92 Å². The van der Waals surface area contributed by atoms with Gasteiger partial charge in [-0.05, 0) is 40.8 Å². The summed E-state index contributed by atoms with van der Waals surface area (Å²) in [6, 6.07) is 1.52. The maximum Gasteiger partial charge on any atom is 0.244 e. The Labute approximate surface area is 114 Å². The molecule has 1 aromatic rings. The van der Waals surface area contributed by atoms with Crippen molar-refractivity contribution in [1.82, 2.24) is 9.29 Å². The van der Waals surface area contributed by atoms with E-state index in [2.05, 4.69) is 20.9 Å². The van der Waals surface area contributed by atoms with Gasteiger partial charge in [0, 0.05) is 30.0 Å². The van der Waals surface area contributed by atoms with Crippen molar-refractivity contribution in [2.45, 2.75) is 23.3 Å². The quantitative estimate of drug-likeness (QED) is 0.896. The van der Waals surface area contributed by atoms with Crippen LogP contribution in [0.1, 0.15) is 12.8 Å². The molecule has 7 heteroatoms. The normalized spacial score (nSPS) is 23.7. The molecule has 1 aliphatic carbocycles. The van der Waals surface area contributed by atoms with E-state index >= 15 is 0 Å². The van der Waals surface area contributed by atoms with Crippen molar-refractivity contribution < 1.29 is 13.5 Å². The fourth-order valence-electron chi connectivity index (χ4n) is 2.30.